The van der Waals surface area contributed by atoms with Crippen molar-refractivity contribution in [2.24, 2.45) is 5.92 Å². The Morgan fingerprint density at radius 3 is 2.60 bits per heavy atom. The van der Waals surface area contributed by atoms with Crippen LogP contribution in [0.25, 0.3) is 0 Å². The lowest BCUT2D eigenvalue weighted by atomic mass is 9.90. The monoisotopic (exact) mass is 508 g/mol. The highest BCUT2D eigenvalue weighted by Gasteiger charge is 2.33. The molecule has 2 fully saturated rings. The first-order chi connectivity index (χ1) is 14.5. The van der Waals surface area contributed by atoms with Gasteiger partial charge in [-0.2, -0.15) is 0 Å². The van der Waals surface area contributed by atoms with Crippen molar-refractivity contribution in [3.05, 3.63) is 57.5 Å². The first-order valence-corrected chi connectivity index (χ1v) is 12.4. The summed E-state index contributed by atoms with van der Waals surface area (Å²) in [5, 5.41) is 1.26. The van der Waals surface area contributed by atoms with E-state index >= 15 is 0 Å². The highest BCUT2D eigenvalue weighted by Crippen LogP contribution is 2.33. The van der Waals surface area contributed by atoms with Crippen molar-refractivity contribution < 1.29 is 9.53 Å². The van der Waals surface area contributed by atoms with E-state index in [9.17, 15) is 4.79 Å². The first kappa shape index (κ1) is 22.0. The number of ether oxygens (including phenoxy) is 1. The minimum Gasteiger partial charge on any atom is -0.497 e. The van der Waals surface area contributed by atoms with E-state index in [0.29, 0.717) is 11.2 Å². The van der Waals surface area contributed by atoms with Crippen molar-refractivity contribution >= 4 is 50.2 Å². The zero-order chi connectivity index (χ0) is 21.1. The Labute approximate surface area is 196 Å². The van der Waals surface area contributed by atoms with Crippen LogP contribution in [0, 0.1) is 5.92 Å². The molecule has 2 aliphatic heterocycles. The molecule has 0 radical (unpaired) electrons. The van der Waals surface area contributed by atoms with Crippen LogP contribution >= 0.6 is 39.3 Å². The third-order valence-corrected chi connectivity index (χ3v) is 8.01. The van der Waals surface area contributed by atoms with Crippen LogP contribution in [0.15, 0.2) is 46.9 Å². The second kappa shape index (κ2) is 9.94. The van der Waals surface area contributed by atoms with Gasteiger partial charge in [-0.1, -0.05) is 39.3 Å². The maximum Gasteiger partial charge on any atom is 0.286 e. The van der Waals surface area contributed by atoms with Gasteiger partial charge in [0.15, 0.2) is 0 Å². The summed E-state index contributed by atoms with van der Waals surface area (Å²) in [6.07, 6.45) is 3.44. The van der Waals surface area contributed by atoms with Crippen LogP contribution < -0.4 is 9.64 Å². The van der Waals surface area contributed by atoms with Gasteiger partial charge in [-0.05, 0) is 86.3 Å². The van der Waals surface area contributed by atoms with E-state index < -0.39 is 0 Å². The molecule has 1 unspecified atom stereocenters. The van der Waals surface area contributed by atoms with Crippen LogP contribution in [0.5, 0.6) is 5.75 Å². The fourth-order valence-corrected chi connectivity index (χ4v) is 5.97. The lowest BCUT2D eigenvalue weighted by molar-refractivity contribution is 0.185. The molecular formula is C23H26BrClN2O2S. The summed E-state index contributed by atoms with van der Waals surface area (Å²) in [5.74, 6) is 1.49. The summed E-state index contributed by atoms with van der Waals surface area (Å²) in [7, 11) is 1.65. The van der Waals surface area contributed by atoms with Gasteiger partial charge in [0.05, 0.1) is 7.11 Å². The molecule has 2 aliphatic rings. The summed E-state index contributed by atoms with van der Waals surface area (Å²) in [5.41, 5.74) is 2.25. The zero-order valence-corrected chi connectivity index (χ0v) is 20.2. The Hall–Kier alpha value is -1.21. The Bertz CT molecular complexity index is 887. The molecule has 1 atom stereocenters. The number of rotatable bonds is 6. The fourth-order valence-electron chi connectivity index (χ4n) is 4.26. The summed E-state index contributed by atoms with van der Waals surface area (Å²) in [6.45, 7) is 3.93. The van der Waals surface area contributed by atoms with E-state index in [0.717, 1.165) is 53.5 Å². The predicted molar refractivity (Wildman–Crippen MR) is 129 cm³/mol. The number of thioether (sulfide) groups is 1. The molecule has 0 aromatic heterocycles. The van der Waals surface area contributed by atoms with Crippen LogP contribution in [-0.2, 0) is 6.42 Å². The van der Waals surface area contributed by atoms with Gasteiger partial charge < -0.3 is 14.5 Å². The van der Waals surface area contributed by atoms with Crippen molar-refractivity contribution in [1.82, 2.24) is 4.90 Å². The van der Waals surface area contributed by atoms with Crippen molar-refractivity contribution in [3.63, 3.8) is 0 Å². The standard InChI is InChI=1S/C23H26BrClN2O2S/c1-29-20-5-3-19(4-6-20)27-15-21(30-23(27)28)14-26-10-8-16(9-11-26)12-17-13-18(25)2-7-22(17)24/h2-7,13,16,21H,8-12,14-15H2,1H3. The lowest BCUT2D eigenvalue weighted by Crippen LogP contribution is -2.39. The Kier molecular flexibility index (Phi) is 7.29. The topological polar surface area (TPSA) is 32.8 Å². The number of methoxy groups -OCH3 is 1. The summed E-state index contributed by atoms with van der Waals surface area (Å²) >= 11 is 11.3. The SMILES string of the molecule is COc1ccc(N2CC(CN3CCC(Cc4cc(Cl)ccc4Br)CC3)SC2=O)cc1. The van der Waals surface area contributed by atoms with Gasteiger partial charge in [-0.15, -0.1) is 0 Å². The molecule has 4 rings (SSSR count). The smallest absolute Gasteiger partial charge is 0.286 e. The summed E-state index contributed by atoms with van der Waals surface area (Å²) < 4.78 is 6.36. The number of benzene rings is 2. The zero-order valence-electron chi connectivity index (χ0n) is 17.0. The van der Waals surface area contributed by atoms with Crippen LogP contribution in [0.4, 0.5) is 10.5 Å². The maximum absolute atomic E-state index is 12.5. The number of carbonyl (C=O) groups excluding carboxylic acids is 1. The van der Waals surface area contributed by atoms with E-state index in [2.05, 4.69) is 26.9 Å². The van der Waals surface area contributed by atoms with Crippen LogP contribution in [0.3, 0.4) is 0 Å². The molecule has 2 aromatic carbocycles. The van der Waals surface area contributed by atoms with Crippen molar-refractivity contribution in [2.75, 3.05) is 38.2 Å². The molecule has 30 heavy (non-hydrogen) atoms. The minimum atomic E-state index is 0.144. The maximum atomic E-state index is 12.5. The number of carbonyl (C=O) groups is 1. The number of nitrogens with zero attached hydrogens (tertiary/aromatic N) is 2. The van der Waals surface area contributed by atoms with Gasteiger partial charge >= 0.3 is 0 Å². The second-order valence-corrected chi connectivity index (χ2v) is 10.5. The highest BCUT2D eigenvalue weighted by atomic mass is 79.9. The van der Waals surface area contributed by atoms with E-state index in [-0.39, 0.29) is 5.24 Å². The third-order valence-electron chi connectivity index (χ3n) is 5.94. The van der Waals surface area contributed by atoms with Crippen molar-refractivity contribution in [3.8, 4) is 5.75 Å². The highest BCUT2D eigenvalue weighted by molar-refractivity contribution is 9.10. The molecule has 2 aromatic rings. The molecule has 0 aliphatic carbocycles. The van der Waals surface area contributed by atoms with Crippen LogP contribution in [-0.4, -0.2) is 48.7 Å². The average molecular weight is 510 g/mol. The van der Waals surface area contributed by atoms with Gasteiger partial charge in [-0.3, -0.25) is 4.79 Å². The summed E-state index contributed by atoms with van der Waals surface area (Å²) in [6, 6.07) is 13.8. The number of anilines is 1. The van der Waals surface area contributed by atoms with Crippen LogP contribution in [0.1, 0.15) is 18.4 Å². The molecule has 0 saturated carbocycles. The van der Waals surface area contributed by atoms with Gasteiger partial charge in [0, 0.05) is 33.5 Å². The molecule has 0 N–H and O–H groups in total. The molecule has 1 amide bonds. The number of piperidine rings is 1. The molecule has 0 bridgehead atoms. The third kappa shape index (κ3) is 5.34. The lowest BCUT2D eigenvalue weighted by Gasteiger charge is -2.33. The van der Waals surface area contributed by atoms with E-state index in [1.807, 2.05) is 41.3 Å². The van der Waals surface area contributed by atoms with Crippen LogP contribution in [0.2, 0.25) is 5.02 Å². The van der Waals surface area contributed by atoms with Gasteiger partial charge in [0.25, 0.3) is 5.24 Å². The quantitative estimate of drug-likeness (QED) is 0.470. The molecule has 0 spiro atoms. The van der Waals surface area contributed by atoms with Crippen molar-refractivity contribution in [2.45, 2.75) is 24.5 Å². The number of amides is 1. The average Bonchev–Trinajstić information content (AvgIpc) is 3.12. The Balaban J connectivity index is 1.27. The predicted octanol–water partition coefficient (Wildman–Crippen LogP) is 6.11. The number of hydrogen-bond donors (Lipinski definition) is 0. The molecular weight excluding hydrogens is 484 g/mol. The molecule has 160 valence electrons. The normalized spacial score (nSPS) is 20.7. The Morgan fingerprint density at radius 2 is 1.90 bits per heavy atom. The molecule has 2 saturated heterocycles. The van der Waals surface area contributed by atoms with E-state index in [1.165, 1.54) is 30.2 Å². The Morgan fingerprint density at radius 1 is 1.17 bits per heavy atom. The summed E-state index contributed by atoms with van der Waals surface area (Å²) in [4.78, 5) is 16.9. The molecule has 7 heteroatoms. The number of likely N-dealkylation sites (tertiary alicyclic amines) is 1. The van der Waals surface area contributed by atoms with Gasteiger partial charge in [0.1, 0.15) is 5.75 Å². The number of halogens is 2. The first-order valence-electron chi connectivity index (χ1n) is 10.3. The fraction of sp³-hybridized carbons (Fsp3) is 0.435. The van der Waals surface area contributed by atoms with Crippen molar-refractivity contribution in [1.29, 1.82) is 0 Å². The molecule has 4 nitrogen and oxygen atoms in total. The number of hydrogen-bond acceptors (Lipinski definition) is 4. The van der Waals surface area contributed by atoms with E-state index in [1.54, 1.807) is 7.11 Å². The van der Waals surface area contributed by atoms with Gasteiger partial charge in [0.2, 0.25) is 0 Å². The largest absolute Gasteiger partial charge is 0.497 e. The minimum absolute atomic E-state index is 0.144. The molecule has 2 heterocycles. The van der Waals surface area contributed by atoms with Gasteiger partial charge in [-0.25, -0.2) is 0 Å². The van der Waals surface area contributed by atoms with E-state index in [4.69, 9.17) is 16.3 Å². The second-order valence-electron chi connectivity index (χ2n) is 8.00.